The van der Waals surface area contributed by atoms with Crippen molar-refractivity contribution >= 4 is 5.65 Å². The minimum absolute atomic E-state index is 0.245. The summed E-state index contributed by atoms with van der Waals surface area (Å²) in [5.41, 5.74) is 6.33. The summed E-state index contributed by atoms with van der Waals surface area (Å²) in [5.74, 6) is 0.459. The molecule has 2 aromatic heterocycles. The van der Waals surface area contributed by atoms with Gasteiger partial charge in [0.05, 0.1) is 42.6 Å². The van der Waals surface area contributed by atoms with Gasteiger partial charge in [0.15, 0.2) is 5.75 Å². The van der Waals surface area contributed by atoms with Crippen LogP contribution in [0.3, 0.4) is 0 Å². The molecule has 1 N–H and O–H groups in total. The quantitative estimate of drug-likeness (QED) is 0.323. The van der Waals surface area contributed by atoms with Crippen molar-refractivity contribution in [2.24, 2.45) is 0 Å². The fourth-order valence-electron chi connectivity index (χ4n) is 4.83. The number of hydrogen-bond acceptors (Lipinski definition) is 6. The molecule has 1 aliphatic rings. The van der Waals surface area contributed by atoms with Crippen LogP contribution in [0, 0.1) is 29.6 Å². The molecule has 41 heavy (non-hydrogen) atoms. The molecule has 3 aromatic carbocycles. The van der Waals surface area contributed by atoms with Gasteiger partial charge in [-0.1, -0.05) is 54.1 Å². The highest BCUT2D eigenvalue weighted by atomic mass is 16.5. The Labute approximate surface area is 238 Å². The third-order valence-electron chi connectivity index (χ3n) is 7.06. The van der Waals surface area contributed by atoms with Gasteiger partial charge in [0.2, 0.25) is 5.65 Å². The van der Waals surface area contributed by atoms with Gasteiger partial charge in [-0.05, 0) is 79.9 Å². The molecule has 0 atom stereocenters. The Morgan fingerprint density at radius 1 is 0.878 bits per heavy atom. The van der Waals surface area contributed by atoms with Crippen molar-refractivity contribution in [2.45, 2.75) is 26.3 Å². The van der Waals surface area contributed by atoms with Gasteiger partial charge in [0.25, 0.3) is 0 Å². The van der Waals surface area contributed by atoms with E-state index in [9.17, 15) is 10.1 Å². The van der Waals surface area contributed by atoms with Crippen LogP contribution in [0.1, 0.15) is 35.1 Å². The molecule has 6 rings (SSSR count). The molecule has 0 bridgehead atoms. The average molecular weight is 543 g/mol. The molecular formula is C33H30N6O2. The van der Waals surface area contributed by atoms with E-state index in [2.05, 4.69) is 22.6 Å². The van der Waals surface area contributed by atoms with Gasteiger partial charge in [0.1, 0.15) is 0 Å². The number of ether oxygens (including phenoxy) is 1. The lowest BCUT2D eigenvalue weighted by molar-refractivity contribution is 0.417. The van der Waals surface area contributed by atoms with E-state index >= 15 is 0 Å². The first kappa shape index (κ1) is 27.4. The lowest BCUT2D eigenvalue weighted by Crippen LogP contribution is -2.23. The number of nitrogens with zero attached hydrogens (tertiary/aromatic N) is 5. The molecular weight excluding hydrogens is 512 g/mol. The Balaban J connectivity index is 0.000000610. The molecule has 204 valence electrons. The largest absolute Gasteiger partial charge is 0.493 e. The first-order chi connectivity index (χ1) is 20.0. The zero-order valence-corrected chi connectivity index (χ0v) is 23.1. The van der Waals surface area contributed by atoms with Gasteiger partial charge < -0.3 is 10.1 Å². The zero-order valence-electron chi connectivity index (χ0n) is 23.1. The zero-order chi connectivity index (χ0) is 28.8. The van der Waals surface area contributed by atoms with E-state index in [1.165, 1.54) is 30.6 Å². The maximum Gasteiger partial charge on any atom is 0.351 e. The van der Waals surface area contributed by atoms with Crippen LogP contribution in [0.15, 0.2) is 83.7 Å². The fourth-order valence-corrected chi connectivity index (χ4v) is 4.83. The first-order valence-corrected chi connectivity index (χ1v) is 13.5. The van der Waals surface area contributed by atoms with Crippen molar-refractivity contribution in [1.29, 1.82) is 10.5 Å². The number of nitrogens with one attached hydrogen (secondary N) is 1. The summed E-state index contributed by atoms with van der Waals surface area (Å²) in [6, 6.07) is 28.4. The second-order valence-corrected chi connectivity index (χ2v) is 9.90. The lowest BCUT2D eigenvalue weighted by atomic mass is 9.97. The van der Waals surface area contributed by atoms with Gasteiger partial charge >= 0.3 is 5.69 Å². The van der Waals surface area contributed by atoms with Crippen LogP contribution in [0.4, 0.5) is 0 Å². The molecule has 0 saturated carbocycles. The number of hydrogen-bond donors (Lipinski definition) is 1. The summed E-state index contributed by atoms with van der Waals surface area (Å²) >= 11 is 0. The third kappa shape index (κ3) is 5.89. The summed E-state index contributed by atoms with van der Waals surface area (Å²) in [6.45, 7) is 4.76. The average Bonchev–Trinajstić information content (AvgIpc) is 3.70. The lowest BCUT2D eigenvalue weighted by Gasteiger charge is -2.15. The molecule has 3 heterocycles. The van der Waals surface area contributed by atoms with E-state index in [0.717, 1.165) is 27.8 Å². The van der Waals surface area contributed by atoms with Crippen LogP contribution in [-0.2, 0) is 6.54 Å². The number of pyridine rings is 1. The first-order valence-electron chi connectivity index (χ1n) is 13.5. The topological polar surface area (TPSA) is 108 Å². The predicted molar refractivity (Wildman–Crippen MR) is 159 cm³/mol. The number of benzene rings is 3. The van der Waals surface area contributed by atoms with Gasteiger partial charge in [-0.3, -0.25) is 0 Å². The highest BCUT2D eigenvalue weighted by Crippen LogP contribution is 2.36. The number of nitriles is 2. The number of methoxy groups -OCH3 is 1. The maximum atomic E-state index is 13.8. The van der Waals surface area contributed by atoms with E-state index in [0.29, 0.717) is 28.2 Å². The smallest absolute Gasteiger partial charge is 0.351 e. The molecule has 0 unspecified atom stereocenters. The minimum atomic E-state index is -0.307. The molecule has 0 spiro atoms. The monoisotopic (exact) mass is 542 g/mol. The molecule has 1 fully saturated rings. The Hall–Kier alpha value is -5.18. The van der Waals surface area contributed by atoms with E-state index in [-0.39, 0.29) is 12.2 Å². The van der Waals surface area contributed by atoms with Crippen LogP contribution in [0.25, 0.3) is 28.0 Å². The van der Waals surface area contributed by atoms with E-state index in [4.69, 9.17) is 10.00 Å². The molecule has 0 radical (unpaired) electrons. The SMILES string of the molecule is C1CCNC1.COc1cc(-c2ccc(C#N)cc2)c(-c2ccc(C)cc2)n2c(=O)n(Cc3ccc(C#N)cc3)nc12. The number of rotatable bonds is 5. The van der Waals surface area contributed by atoms with Crippen LogP contribution in [0.5, 0.6) is 5.75 Å². The Morgan fingerprint density at radius 2 is 1.46 bits per heavy atom. The molecule has 0 aliphatic carbocycles. The van der Waals surface area contributed by atoms with Crippen molar-refractivity contribution in [3.63, 3.8) is 0 Å². The maximum absolute atomic E-state index is 13.8. The number of fused-ring (bicyclic) bond motifs is 1. The van der Waals surface area contributed by atoms with Gasteiger partial charge in [-0.25, -0.2) is 13.9 Å². The van der Waals surface area contributed by atoms with Crippen LogP contribution in [0.2, 0.25) is 0 Å². The summed E-state index contributed by atoms with van der Waals surface area (Å²) in [5, 5.41) is 26.1. The van der Waals surface area contributed by atoms with E-state index in [1.54, 1.807) is 35.8 Å². The van der Waals surface area contributed by atoms with Crippen molar-refractivity contribution in [1.82, 2.24) is 19.5 Å². The highest BCUT2D eigenvalue weighted by Gasteiger charge is 2.21. The third-order valence-corrected chi connectivity index (χ3v) is 7.06. The Kier molecular flexibility index (Phi) is 8.24. The Bertz CT molecular complexity index is 1790. The Morgan fingerprint density at radius 3 is 2.00 bits per heavy atom. The summed E-state index contributed by atoms with van der Waals surface area (Å²) in [7, 11) is 1.55. The van der Waals surface area contributed by atoms with Crippen molar-refractivity contribution in [2.75, 3.05) is 20.2 Å². The minimum Gasteiger partial charge on any atom is -0.493 e. The molecule has 5 aromatic rings. The summed E-state index contributed by atoms with van der Waals surface area (Å²) in [6.07, 6.45) is 2.78. The van der Waals surface area contributed by atoms with Crippen molar-refractivity contribution in [3.8, 4) is 40.3 Å². The van der Waals surface area contributed by atoms with Gasteiger partial charge in [-0.15, -0.1) is 5.10 Å². The molecule has 8 nitrogen and oxygen atoms in total. The standard InChI is InChI=1S/C29H21N5O2.C4H9N/c1-19-3-11-24(12-4-19)27-25(23-13-9-21(17-31)10-14-23)15-26(36-2)28-32-33(29(35)34(27)28)18-22-7-5-20(16-30)6-8-22;1-2-4-5-3-1/h3-15H,18H2,1-2H3;5H,1-4H2. The number of aryl methyl sites for hydroxylation is 1. The normalized spacial score (nSPS) is 12.3. The molecule has 8 heteroatoms. The van der Waals surface area contributed by atoms with Crippen molar-refractivity contribution in [3.05, 3.63) is 112 Å². The van der Waals surface area contributed by atoms with Crippen molar-refractivity contribution < 1.29 is 4.74 Å². The van der Waals surface area contributed by atoms with E-state index in [1.807, 2.05) is 61.5 Å². The second kappa shape index (κ2) is 12.3. The van der Waals surface area contributed by atoms with Crippen LogP contribution in [-0.4, -0.2) is 34.4 Å². The predicted octanol–water partition coefficient (Wildman–Crippen LogP) is 5.31. The highest BCUT2D eigenvalue weighted by molar-refractivity contribution is 5.85. The van der Waals surface area contributed by atoms with Gasteiger partial charge in [-0.2, -0.15) is 10.5 Å². The van der Waals surface area contributed by atoms with E-state index < -0.39 is 0 Å². The molecule has 1 aliphatic heterocycles. The fraction of sp³-hybridized carbons (Fsp3) is 0.212. The molecule has 1 saturated heterocycles. The number of aromatic nitrogens is 3. The second-order valence-electron chi connectivity index (χ2n) is 9.90. The van der Waals surface area contributed by atoms with Gasteiger partial charge in [0, 0.05) is 5.56 Å². The summed E-state index contributed by atoms with van der Waals surface area (Å²) in [4.78, 5) is 13.8. The molecule has 0 amide bonds. The van der Waals surface area contributed by atoms with Crippen LogP contribution < -0.4 is 15.7 Å². The summed E-state index contributed by atoms with van der Waals surface area (Å²) < 4.78 is 8.66. The van der Waals surface area contributed by atoms with Crippen LogP contribution >= 0.6 is 0 Å².